The van der Waals surface area contributed by atoms with Crippen molar-refractivity contribution in [3.8, 4) is 11.3 Å². The van der Waals surface area contributed by atoms with Gasteiger partial charge in [-0.05, 0) is 22.4 Å². The first-order chi connectivity index (χ1) is 7.31. The number of rotatable bonds is 2. The standard InChI is InChI=1S/C9H4BrN3O2/c10-7-3-1-2-6(4-7)8-9(11-5-14)13-15-12-8/h1-4H. The van der Waals surface area contributed by atoms with Gasteiger partial charge in [0.2, 0.25) is 11.9 Å². The maximum absolute atomic E-state index is 10.1. The molecule has 0 radical (unpaired) electrons. The van der Waals surface area contributed by atoms with Gasteiger partial charge in [0.05, 0.1) is 0 Å². The number of hydrogen-bond donors (Lipinski definition) is 0. The number of isocyanates is 1. The fourth-order valence-electron chi connectivity index (χ4n) is 1.12. The monoisotopic (exact) mass is 265 g/mol. The van der Waals surface area contributed by atoms with E-state index in [-0.39, 0.29) is 5.82 Å². The number of benzene rings is 1. The summed E-state index contributed by atoms with van der Waals surface area (Å²) in [5.74, 6) is 0.128. The molecule has 0 fully saturated rings. The predicted octanol–water partition coefficient (Wildman–Crippen LogP) is 2.47. The molecule has 0 atom stereocenters. The van der Waals surface area contributed by atoms with Gasteiger partial charge < -0.3 is 0 Å². The minimum absolute atomic E-state index is 0.128. The Bertz CT molecular complexity index is 532. The fraction of sp³-hybridized carbons (Fsp3) is 0. The molecule has 2 rings (SSSR count). The van der Waals surface area contributed by atoms with Crippen LogP contribution in [-0.4, -0.2) is 16.4 Å². The Morgan fingerprint density at radius 1 is 1.40 bits per heavy atom. The highest BCUT2D eigenvalue weighted by Gasteiger charge is 2.11. The second kappa shape index (κ2) is 4.16. The van der Waals surface area contributed by atoms with Crippen molar-refractivity contribution in [3.63, 3.8) is 0 Å². The normalized spacial score (nSPS) is 9.67. The number of aliphatic imine (C=N–C) groups is 1. The van der Waals surface area contributed by atoms with Crippen molar-refractivity contribution in [1.82, 2.24) is 10.3 Å². The molecular weight excluding hydrogens is 262 g/mol. The molecule has 1 heterocycles. The molecule has 1 aromatic heterocycles. The molecule has 0 bridgehead atoms. The van der Waals surface area contributed by atoms with Gasteiger partial charge in [-0.1, -0.05) is 28.1 Å². The van der Waals surface area contributed by atoms with E-state index < -0.39 is 0 Å². The van der Waals surface area contributed by atoms with Crippen molar-refractivity contribution in [3.05, 3.63) is 28.7 Å². The maximum Gasteiger partial charge on any atom is 0.242 e. The maximum atomic E-state index is 10.1. The first-order valence-electron chi connectivity index (χ1n) is 3.97. The molecule has 0 amide bonds. The lowest BCUT2D eigenvalue weighted by Crippen LogP contribution is -1.77. The number of halogens is 1. The molecule has 74 valence electrons. The molecule has 1 aromatic carbocycles. The fourth-order valence-corrected chi connectivity index (χ4v) is 1.52. The lowest BCUT2D eigenvalue weighted by molar-refractivity contribution is 0.309. The second-order valence-electron chi connectivity index (χ2n) is 2.65. The molecule has 0 spiro atoms. The average Bonchev–Trinajstić information content (AvgIpc) is 2.66. The third-order valence-corrected chi connectivity index (χ3v) is 2.21. The molecule has 6 heteroatoms. The van der Waals surface area contributed by atoms with Crippen LogP contribution in [-0.2, 0) is 4.79 Å². The van der Waals surface area contributed by atoms with E-state index in [1.807, 2.05) is 24.3 Å². The van der Waals surface area contributed by atoms with Crippen LogP contribution in [0.1, 0.15) is 0 Å². The van der Waals surface area contributed by atoms with Crippen LogP contribution in [0.15, 0.2) is 38.4 Å². The summed E-state index contributed by atoms with van der Waals surface area (Å²) in [7, 11) is 0. The number of carbonyl (C=O) groups excluding carboxylic acids is 1. The zero-order valence-corrected chi connectivity index (χ0v) is 8.93. The Hall–Kier alpha value is -1.78. The van der Waals surface area contributed by atoms with E-state index in [0.29, 0.717) is 5.69 Å². The van der Waals surface area contributed by atoms with E-state index in [1.165, 1.54) is 6.08 Å². The SMILES string of the molecule is O=C=Nc1nonc1-c1cccc(Br)c1. The molecule has 0 saturated heterocycles. The summed E-state index contributed by atoms with van der Waals surface area (Å²) in [5.41, 5.74) is 1.18. The van der Waals surface area contributed by atoms with Gasteiger partial charge in [-0.2, -0.15) is 0 Å². The predicted molar refractivity (Wildman–Crippen MR) is 55.2 cm³/mol. The highest BCUT2D eigenvalue weighted by molar-refractivity contribution is 9.10. The van der Waals surface area contributed by atoms with Gasteiger partial charge >= 0.3 is 0 Å². The van der Waals surface area contributed by atoms with Crippen molar-refractivity contribution < 1.29 is 9.42 Å². The molecular formula is C9H4BrN3O2. The molecule has 15 heavy (non-hydrogen) atoms. The van der Waals surface area contributed by atoms with Crippen LogP contribution in [0.25, 0.3) is 11.3 Å². The van der Waals surface area contributed by atoms with Crippen molar-refractivity contribution in [2.24, 2.45) is 4.99 Å². The highest BCUT2D eigenvalue weighted by atomic mass is 79.9. The van der Waals surface area contributed by atoms with Crippen LogP contribution in [0.3, 0.4) is 0 Å². The molecule has 0 aliphatic carbocycles. The Labute approximate surface area is 92.9 Å². The Balaban J connectivity index is 2.53. The summed E-state index contributed by atoms with van der Waals surface area (Å²) in [4.78, 5) is 13.5. The first-order valence-corrected chi connectivity index (χ1v) is 4.77. The van der Waals surface area contributed by atoms with E-state index in [1.54, 1.807) is 0 Å². The van der Waals surface area contributed by atoms with Crippen molar-refractivity contribution in [2.45, 2.75) is 0 Å². The highest BCUT2D eigenvalue weighted by Crippen LogP contribution is 2.27. The lowest BCUT2D eigenvalue weighted by atomic mass is 10.1. The molecule has 5 nitrogen and oxygen atoms in total. The molecule has 0 aliphatic heterocycles. The summed E-state index contributed by atoms with van der Waals surface area (Å²) >= 11 is 3.32. The van der Waals surface area contributed by atoms with Crippen molar-refractivity contribution >= 4 is 27.8 Å². The minimum atomic E-state index is 0.128. The van der Waals surface area contributed by atoms with Crippen LogP contribution in [0.4, 0.5) is 5.82 Å². The van der Waals surface area contributed by atoms with Crippen molar-refractivity contribution in [1.29, 1.82) is 0 Å². The number of aromatic nitrogens is 2. The zero-order valence-electron chi connectivity index (χ0n) is 7.35. The van der Waals surface area contributed by atoms with Gasteiger partial charge in [0, 0.05) is 10.0 Å². The van der Waals surface area contributed by atoms with Crippen molar-refractivity contribution in [2.75, 3.05) is 0 Å². The number of hydrogen-bond acceptors (Lipinski definition) is 5. The van der Waals surface area contributed by atoms with E-state index in [9.17, 15) is 4.79 Å². The van der Waals surface area contributed by atoms with E-state index in [4.69, 9.17) is 0 Å². The zero-order chi connectivity index (χ0) is 10.7. The second-order valence-corrected chi connectivity index (χ2v) is 3.57. The van der Waals surface area contributed by atoms with Gasteiger partial charge in [0.1, 0.15) is 0 Å². The number of nitrogens with zero attached hydrogens (tertiary/aromatic N) is 3. The van der Waals surface area contributed by atoms with Gasteiger partial charge in [0.25, 0.3) is 0 Å². The third kappa shape index (κ3) is 2.01. The summed E-state index contributed by atoms with van der Waals surface area (Å²) in [6.07, 6.45) is 1.40. The van der Waals surface area contributed by atoms with Crippen LogP contribution in [0, 0.1) is 0 Å². The van der Waals surface area contributed by atoms with Crippen LogP contribution < -0.4 is 0 Å². The smallest absolute Gasteiger partial charge is 0.242 e. The largest absolute Gasteiger partial charge is 0.242 e. The molecule has 2 aromatic rings. The molecule has 0 N–H and O–H groups in total. The van der Waals surface area contributed by atoms with Gasteiger partial charge in [-0.25, -0.2) is 9.42 Å². The van der Waals surface area contributed by atoms with Crippen LogP contribution in [0.2, 0.25) is 0 Å². The molecule has 0 aliphatic rings. The quantitative estimate of drug-likeness (QED) is 0.618. The van der Waals surface area contributed by atoms with Gasteiger partial charge in [0.15, 0.2) is 5.69 Å². The summed E-state index contributed by atoms with van der Waals surface area (Å²) in [5, 5.41) is 7.15. The van der Waals surface area contributed by atoms with Crippen LogP contribution in [0.5, 0.6) is 0 Å². The van der Waals surface area contributed by atoms with Gasteiger partial charge in [-0.3, -0.25) is 0 Å². The topological polar surface area (TPSA) is 68.3 Å². The Morgan fingerprint density at radius 2 is 2.27 bits per heavy atom. The van der Waals surface area contributed by atoms with E-state index in [2.05, 4.69) is 35.9 Å². The molecule has 0 saturated carbocycles. The lowest BCUT2D eigenvalue weighted by Gasteiger charge is -1.95. The van der Waals surface area contributed by atoms with Crippen LogP contribution >= 0.6 is 15.9 Å². The third-order valence-electron chi connectivity index (χ3n) is 1.72. The van der Waals surface area contributed by atoms with E-state index in [0.717, 1.165) is 10.0 Å². The summed E-state index contributed by atoms with van der Waals surface area (Å²) in [6, 6.07) is 7.35. The van der Waals surface area contributed by atoms with E-state index >= 15 is 0 Å². The Kier molecular flexibility index (Phi) is 2.71. The summed E-state index contributed by atoms with van der Waals surface area (Å²) in [6.45, 7) is 0. The minimum Gasteiger partial charge on any atom is -0.242 e. The molecule has 0 unspecified atom stereocenters. The Morgan fingerprint density at radius 3 is 3.00 bits per heavy atom. The first kappa shape index (κ1) is 9.76. The average molecular weight is 266 g/mol. The summed E-state index contributed by atoms with van der Waals surface area (Å²) < 4.78 is 5.40. The van der Waals surface area contributed by atoms with Gasteiger partial charge in [-0.15, -0.1) is 4.99 Å².